The van der Waals surface area contributed by atoms with E-state index >= 15 is 0 Å². The molecule has 3 rings (SSSR count). The Balaban J connectivity index is 1.96. The minimum Gasteiger partial charge on any atom is -0.279 e. The summed E-state index contributed by atoms with van der Waals surface area (Å²) < 4.78 is 28.4. The van der Waals surface area contributed by atoms with E-state index in [-0.39, 0.29) is 4.90 Å². The van der Waals surface area contributed by atoms with Gasteiger partial charge >= 0.3 is 0 Å². The molecular formula is C12H10N4O2S. The zero-order valence-electron chi connectivity index (χ0n) is 9.76. The van der Waals surface area contributed by atoms with Crippen LogP contribution in [0.3, 0.4) is 0 Å². The number of hydrogen-bond donors (Lipinski definition) is 1. The number of anilines is 1. The van der Waals surface area contributed by atoms with Crippen LogP contribution in [0.5, 0.6) is 0 Å². The number of hydrogen-bond acceptors (Lipinski definition) is 4. The zero-order chi connectivity index (χ0) is 13.3. The van der Waals surface area contributed by atoms with E-state index in [0.717, 1.165) is 5.52 Å². The number of aromatic nitrogens is 3. The lowest BCUT2D eigenvalue weighted by Gasteiger charge is -2.07. The molecule has 0 aliphatic heterocycles. The van der Waals surface area contributed by atoms with E-state index in [1.807, 2.05) is 0 Å². The monoisotopic (exact) mass is 274 g/mol. The molecule has 0 spiro atoms. The van der Waals surface area contributed by atoms with Gasteiger partial charge in [-0.3, -0.25) is 9.71 Å². The molecule has 0 fully saturated rings. The number of nitrogens with zero attached hydrogens (tertiary/aromatic N) is 3. The topological polar surface area (TPSA) is 76.4 Å². The van der Waals surface area contributed by atoms with Crippen LogP contribution < -0.4 is 4.72 Å². The summed E-state index contributed by atoms with van der Waals surface area (Å²) in [5, 5.41) is 4.04. The number of sulfonamides is 1. The van der Waals surface area contributed by atoms with Crippen LogP contribution in [0.25, 0.3) is 5.52 Å². The van der Waals surface area contributed by atoms with E-state index in [4.69, 9.17) is 0 Å². The van der Waals surface area contributed by atoms with Crippen molar-refractivity contribution in [2.75, 3.05) is 4.72 Å². The quantitative estimate of drug-likeness (QED) is 0.785. The van der Waals surface area contributed by atoms with Gasteiger partial charge in [-0.2, -0.15) is 5.10 Å². The van der Waals surface area contributed by atoms with Crippen LogP contribution in [-0.4, -0.2) is 23.0 Å². The molecule has 0 bridgehead atoms. The SMILES string of the molecule is O=S(=O)(Nc1ccn2nccc2c1)c1cccnc1. The van der Waals surface area contributed by atoms with Crippen molar-refractivity contribution < 1.29 is 8.42 Å². The Morgan fingerprint density at radius 1 is 1.16 bits per heavy atom. The van der Waals surface area contributed by atoms with Gasteiger partial charge in [0.1, 0.15) is 4.90 Å². The van der Waals surface area contributed by atoms with E-state index in [2.05, 4.69) is 14.8 Å². The first-order valence-electron chi connectivity index (χ1n) is 5.51. The van der Waals surface area contributed by atoms with Crippen molar-refractivity contribution in [1.29, 1.82) is 0 Å². The molecule has 19 heavy (non-hydrogen) atoms. The normalized spacial score (nSPS) is 11.6. The fourth-order valence-electron chi connectivity index (χ4n) is 1.71. The molecular weight excluding hydrogens is 264 g/mol. The van der Waals surface area contributed by atoms with Crippen LogP contribution in [0, 0.1) is 0 Å². The van der Waals surface area contributed by atoms with Gasteiger partial charge in [0.2, 0.25) is 0 Å². The molecule has 0 aliphatic rings. The molecule has 0 saturated carbocycles. The second-order valence-electron chi connectivity index (χ2n) is 3.91. The molecule has 0 aliphatic carbocycles. The molecule has 6 nitrogen and oxygen atoms in total. The second-order valence-corrected chi connectivity index (χ2v) is 5.59. The van der Waals surface area contributed by atoms with Gasteiger partial charge in [0.15, 0.2) is 0 Å². The summed E-state index contributed by atoms with van der Waals surface area (Å²) in [4.78, 5) is 3.93. The molecule has 3 heterocycles. The molecule has 0 aromatic carbocycles. The minimum atomic E-state index is -3.61. The van der Waals surface area contributed by atoms with Gasteiger partial charge in [-0.25, -0.2) is 12.9 Å². The Labute approximate surface area is 109 Å². The third-order valence-corrected chi connectivity index (χ3v) is 3.96. The van der Waals surface area contributed by atoms with Crippen LogP contribution in [0.2, 0.25) is 0 Å². The van der Waals surface area contributed by atoms with Crippen LogP contribution in [0.1, 0.15) is 0 Å². The van der Waals surface area contributed by atoms with E-state index in [1.165, 1.54) is 18.5 Å². The standard InChI is InChI=1S/C12H10N4O2S/c17-19(18,12-2-1-5-13-9-12)15-10-4-7-16-11(8-10)3-6-14-16/h1-9,15H. The number of fused-ring (bicyclic) bond motifs is 1. The molecule has 0 unspecified atom stereocenters. The average molecular weight is 274 g/mol. The molecule has 7 heteroatoms. The van der Waals surface area contributed by atoms with Crippen molar-refractivity contribution >= 4 is 21.2 Å². The highest BCUT2D eigenvalue weighted by molar-refractivity contribution is 7.92. The van der Waals surface area contributed by atoms with E-state index in [0.29, 0.717) is 5.69 Å². The minimum absolute atomic E-state index is 0.128. The van der Waals surface area contributed by atoms with E-state index in [1.54, 1.807) is 41.2 Å². The van der Waals surface area contributed by atoms with Crippen molar-refractivity contribution in [3.8, 4) is 0 Å². The van der Waals surface area contributed by atoms with E-state index < -0.39 is 10.0 Å². The average Bonchev–Trinajstić information content (AvgIpc) is 2.87. The molecule has 0 radical (unpaired) electrons. The van der Waals surface area contributed by atoms with Gasteiger partial charge in [-0.15, -0.1) is 0 Å². The molecule has 96 valence electrons. The summed E-state index contributed by atoms with van der Waals surface area (Å²) in [6.45, 7) is 0. The Hall–Kier alpha value is -2.41. The smallest absolute Gasteiger partial charge is 0.263 e. The molecule has 3 aromatic heterocycles. The molecule has 0 saturated heterocycles. The predicted molar refractivity (Wildman–Crippen MR) is 70.2 cm³/mol. The van der Waals surface area contributed by atoms with Crippen molar-refractivity contribution in [2.24, 2.45) is 0 Å². The lowest BCUT2D eigenvalue weighted by Crippen LogP contribution is -2.13. The first-order chi connectivity index (χ1) is 9.15. The summed E-state index contributed by atoms with van der Waals surface area (Å²) in [6, 6.07) is 8.22. The van der Waals surface area contributed by atoms with Crippen LogP contribution >= 0.6 is 0 Å². The fourth-order valence-corrected chi connectivity index (χ4v) is 2.72. The van der Waals surface area contributed by atoms with Gasteiger partial charge in [0.05, 0.1) is 11.2 Å². The molecule has 0 atom stereocenters. The van der Waals surface area contributed by atoms with Crippen molar-refractivity contribution in [3.63, 3.8) is 0 Å². The van der Waals surface area contributed by atoms with Crippen molar-refractivity contribution in [1.82, 2.24) is 14.6 Å². The van der Waals surface area contributed by atoms with Gasteiger partial charge in [-0.05, 0) is 30.3 Å². The van der Waals surface area contributed by atoms with Crippen molar-refractivity contribution in [2.45, 2.75) is 4.90 Å². The van der Waals surface area contributed by atoms with Crippen LogP contribution in [-0.2, 0) is 10.0 Å². The molecule has 0 amide bonds. The molecule has 3 aromatic rings. The summed E-state index contributed by atoms with van der Waals surface area (Å²) in [6.07, 6.45) is 6.17. The summed E-state index contributed by atoms with van der Waals surface area (Å²) in [5.41, 5.74) is 1.29. The van der Waals surface area contributed by atoms with Crippen molar-refractivity contribution in [3.05, 3.63) is 55.1 Å². The highest BCUT2D eigenvalue weighted by Crippen LogP contribution is 2.16. The number of pyridine rings is 2. The lowest BCUT2D eigenvalue weighted by atomic mass is 10.4. The maximum atomic E-state index is 12.1. The summed E-state index contributed by atoms with van der Waals surface area (Å²) in [7, 11) is -3.61. The predicted octanol–water partition coefficient (Wildman–Crippen LogP) is 1.53. The third kappa shape index (κ3) is 2.27. The van der Waals surface area contributed by atoms with Crippen LogP contribution in [0.4, 0.5) is 5.69 Å². The third-order valence-electron chi connectivity index (χ3n) is 2.60. The highest BCUT2D eigenvalue weighted by Gasteiger charge is 2.14. The summed E-state index contributed by atoms with van der Waals surface area (Å²) >= 11 is 0. The number of nitrogens with one attached hydrogen (secondary N) is 1. The van der Waals surface area contributed by atoms with Crippen LogP contribution in [0.15, 0.2) is 60.0 Å². The highest BCUT2D eigenvalue weighted by atomic mass is 32.2. The maximum Gasteiger partial charge on any atom is 0.263 e. The zero-order valence-corrected chi connectivity index (χ0v) is 10.6. The Morgan fingerprint density at radius 2 is 2.05 bits per heavy atom. The lowest BCUT2D eigenvalue weighted by molar-refractivity contribution is 0.601. The van der Waals surface area contributed by atoms with Gasteiger partial charge in [0, 0.05) is 24.8 Å². The maximum absolute atomic E-state index is 12.1. The number of rotatable bonds is 3. The second kappa shape index (κ2) is 4.36. The van der Waals surface area contributed by atoms with Gasteiger partial charge < -0.3 is 0 Å². The Bertz CT molecular complexity index is 812. The van der Waals surface area contributed by atoms with E-state index in [9.17, 15) is 8.42 Å². The van der Waals surface area contributed by atoms with Gasteiger partial charge in [0.25, 0.3) is 10.0 Å². The first kappa shape index (κ1) is 11.7. The fraction of sp³-hybridized carbons (Fsp3) is 0. The first-order valence-corrected chi connectivity index (χ1v) is 7.00. The Kier molecular flexibility index (Phi) is 2.68. The molecule has 1 N–H and O–H groups in total. The van der Waals surface area contributed by atoms with Gasteiger partial charge in [-0.1, -0.05) is 0 Å². The Morgan fingerprint density at radius 3 is 2.84 bits per heavy atom. The summed E-state index contributed by atoms with van der Waals surface area (Å²) in [5.74, 6) is 0. The largest absolute Gasteiger partial charge is 0.279 e.